The van der Waals surface area contributed by atoms with Gasteiger partial charge in [0.05, 0.1) is 12.0 Å². The van der Waals surface area contributed by atoms with Crippen LogP contribution in [0.15, 0.2) is 71.8 Å². The largest absolute Gasteiger partial charge is 0.497 e. The SMILES string of the molecule is COc1ccc(NS(=O)(=O)c2ccc(C)c(C(=O)N3CCN(c4ccccn4)CC3)c2)cc1. The second-order valence-electron chi connectivity index (χ2n) is 7.78. The molecule has 1 amide bonds. The van der Waals surface area contributed by atoms with Gasteiger partial charge in [-0.25, -0.2) is 13.4 Å². The zero-order valence-corrected chi connectivity index (χ0v) is 19.4. The second-order valence-corrected chi connectivity index (χ2v) is 9.46. The van der Waals surface area contributed by atoms with E-state index in [-0.39, 0.29) is 10.8 Å². The number of nitrogens with zero attached hydrogens (tertiary/aromatic N) is 3. The number of aryl methyl sites for hydroxylation is 1. The van der Waals surface area contributed by atoms with Crippen LogP contribution in [-0.4, -0.2) is 57.5 Å². The number of hydrogen-bond acceptors (Lipinski definition) is 6. The molecule has 2 heterocycles. The Balaban J connectivity index is 1.49. The van der Waals surface area contributed by atoms with Crippen molar-refractivity contribution in [2.24, 2.45) is 0 Å². The summed E-state index contributed by atoms with van der Waals surface area (Å²) in [5.74, 6) is 1.34. The van der Waals surface area contributed by atoms with Crippen molar-refractivity contribution in [2.75, 3.05) is 42.9 Å². The second kappa shape index (κ2) is 9.50. The van der Waals surface area contributed by atoms with Crippen LogP contribution in [0.1, 0.15) is 15.9 Å². The van der Waals surface area contributed by atoms with Gasteiger partial charge in [-0.05, 0) is 61.0 Å². The van der Waals surface area contributed by atoms with Crippen molar-refractivity contribution in [1.82, 2.24) is 9.88 Å². The van der Waals surface area contributed by atoms with Crippen LogP contribution in [0.25, 0.3) is 0 Å². The lowest BCUT2D eigenvalue weighted by Crippen LogP contribution is -2.49. The summed E-state index contributed by atoms with van der Waals surface area (Å²) in [6.07, 6.45) is 1.75. The van der Waals surface area contributed by atoms with Gasteiger partial charge >= 0.3 is 0 Å². The molecule has 3 aromatic rings. The Bertz CT molecular complexity index is 1220. The summed E-state index contributed by atoms with van der Waals surface area (Å²) in [5, 5.41) is 0. The van der Waals surface area contributed by atoms with Crippen molar-refractivity contribution in [3.63, 3.8) is 0 Å². The number of aromatic nitrogens is 1. The highest BCUT2D eigenvalue weighted by Crippen LogP contribution is 2.23. The minimum atomic E-state index is -3.86. The van der Waals surface area contributed by atoms with Crippen molar-refractivity contribution in [3.8, 4) is 5.75 Å². The van der Waals surface area contributed by atoms with Crippen LogP contribution in [0, 0.1) is 6.92 Å². The highest BCUT2D eigenvalue weighted by molar-refractivity contribution is 7.92. The molecular formula is C24H26N4O4S. The maximum Gasteiger partial charge on any atom is 0.261 e. The van der Waals surface area contributed by atoms with Crippen LogP contribution >= 0.6 is 0 Å². The van der Waals surface area contributed by atoms with Crippen LogP contribution in [0.4, 0.5) is 11.5 Å². The quantitative estimate of drug-likeness (QED) is 0.600. The monoisotopic (exact) mass is 466 g/mol. The average molecular weight is 467 g/mol. The molecule has 1 saturated heterocycles. The maximum atomic E-state index is 13.2. The molecule has 4 rings (SSSR count). The molecule has 0 spiro atoms. The number of hydrogen-bond donors (Lipinski definition) is 1. The third-order valence-corrected chi connectivity index (χ3v) is 7.01. The third-order valence-electron chi connectivity index (χ3n) is 5.63. The van der Waals surface area contributed by atoms with Crippen molar-refractivity contribution >= 4 is 27.4 Å². The van der Waals surface area contributed by atoms with Gasteiger partial charge in [0.15, 0.2) is 0 Å². The van der Waals surface area contributed by atoms with Crippen LogP contribution in [0.3, 0.4) is 0 Å². The first-order valence-corrected chi connectivity index (χ1v) is 12.1. The number of nitrogens with one attached hydrogen (secondary N) is 1. The molecule has 8 nitrogen and oxygen atoms in total. The summed E-state index contributed by atoms with van der Waals surface area (Å²) in [7, 11) is -2.32. The summed E-state index contributed by atoms with van der Waals surface area (Å²) >= 11 is 0. The number of rotatable bonds is 6. The van der Waals surface area contributed by atoms with Gasteiger partial charge in [-0.15, -0.1) is 0 Å². The van der Waals surface area contributed by atoms with E-state index in [9.17, 15) is 13.2 Å². The van der Waals surface area contributed by atoms with E-state index < -0.39 is 10.0 Å². The number of methoxy groups -OCH3 is 1. The number of benzene rings is 2. The lowest BCUT2D eigenvalue weighted by Gasteiger charge is -2.35. The minimum absolute atomic E-state index is 0.0411. The van der Waals surface area contributed by atoms with Crippen molar-refractivity contribution in [1.29, 1.82) is 0 Å². The number of anilines is 2. The third kappa shape index (κ3) is 5.09. The van der Waals surface area contributed by atoms with Crippen LogP contribution in [-0.2, 0) is 10.0 Å². The highest BCUT2D eigenvalue weighted by Gasteiger charge is 2.25. The molecule has 2 aromatic carbocycles. The molecule has 1 N–H and O–H groups in total. The molecule has 1 aliphatic rings. The number of carbonyl (C=O) groups is 1. The molecule has 9 heteroatoms. The summed E-state index contributed by atoms with van der Waals surface area (Å²) in [4.78, 5) is 21.5. The Hall–Kier alpha value is -3.59. The minimum Gasteiger partial charge on any atom is -0.497 e. The summed E-state index contributed by atoms with van der Waals surface area (Å²) in [6, 6.07) is 17.0. The lowest BCUT2D eigenvalue weighted by molar-refractivity contribution is 0.0745. The molecule has 172 valence electrons. The molecule has 0 bridgehead atoms. The number of piperazine rings is 1. The Morgan fingerprint density at radius 2 is 1.73 bits per heavy atom. The lowest BCUT2D eigenvalue weighted by atomic mass is 10.1. The predicted octanol–water partition coefficient (Wildman–Crippen LogP) is 3.16. The zero-order chi connectivity index (χ0) is 23.4. The summed E-state index contributed by atoms with van der Waals surface area (Å²) < 4.78 is 33.5. The maximum absolute atomic E-state index is 13.2. The highest BCUT2D eigenvalue weighted by atomic mass is 32.2. The smallest absolute Gasteiger partial charge is 0.261 e. The van der Waals surface area contributed by atoms with Crippen LogP contribution < -0.4 is 14.4 Å². The van der Waals surface area contributed by atoms with Crippen molar-refractivity contribution < 1.29 is 17.9 Å². The van der Waals surface area contributed by atoms with Crippen LogP contribution in [0.2, 0.25) is 0 Å². The molecule has 33 heavy (non-hydrogen) atoms. The standard InChI is InChI=1S/C24H26N4O4S/c1-18-6-11-21(33(30,31)26-19-7-9-20(32-2)10-8-19)17-22(18)24(29)28-15-13-27(14-16-28)23-5-3-4-12-25-23/h3-12,17,26H,13-16H2,1-2H3. The van der Waals surface area contributed by atoms with E-state index in [1.54, 1.807) is 48.5 Å². The first kappa shape index (κ1) is 22.6. The van der Waals surface area contributed by atoms with Gasteiger partial charge in [-0.3, -0.25) is 9.52 Å². The number of carbonyl (C=O) groups excluding carboxylic acids is 1. The van der Waals surface area contributed by atoms with Gasteiger partial charge in [0.1, 0.15) is 11.6 Å². The molecule has 0 atom stereocenters. The predicted molar refractivity (Wildman–Crippen MR) is 127 cm³/mol. The molecule has 1 aromatic heterocycles. The van der Waals surface area contributed by atoms with E-state index in [2.05, 4.69) is 14.6 Å². The van der Waals surface area contributed by atoms with E-state index >= 15 is 0 Å². The Morgan fingerprint density at radius 3 is 2.36 bits per heavy atom. The Morgan fingerprint density at radius 1 is 1.00 bits per heavy atom. The fraction of sp³-hybridized carbons (Fsp3) is 0.250. The first-order valence-electron chi connectivity index (χ1n) is 10.6. The van der Waals surface area contributed by atoms with Crippen molar-refractivity contribution in [2.45, 2.75) is 11.8 Å². The molecule has 1 aliphatic heterocycles. The molecule has 0 unspecified atom stereocenters. The summed E-state index contributed by atoms with van der Waals surface area (Å²) in [5.41, 5.74) is 1.53. The van der Waals surface area contributed by atoms with E-state index in [1.807, 2.05) is 25.1 Å². The normalized spacial score (nSPS) is 14.1. The molecule has 1 fully saturated rings. The number of sulfonamides is 1. The van der Waals surface area contributed by atoms with Gasteiger partial charge in [-0.2, -0.15) is 0 Å². The summed E-state index contributed by atoms with van der Waals surface area (Å²) in [6.45, 7) is 4.22. The fourth-order valence-electron chi connectivity index (χ4n) is 3.72. The van der Waals surface area contributed by atoms with Gasteiger partial charge in [0, 0.05) is 43.6 Å². The van der Waals surface area contributed by atoms with Crippen molar-refractivity contribution in [3.05, 3.63) is 78.0 Å². The average Bonchev–Trinajstić information content (AvgIpc) is 2.84. The molecule has 0 saturated carbocycles. The topological polar surface area (TPSA) is 91.8 Å². The van der Waals surface area contributed by atoms with Gasteiger partial charge in [-0.1, -0.05) is 12.1 Å². The molecular weight excluding hydrogens is 440 g/mol. The van der Waals surface area contributed by atoms with E-state index in [0.717, 1.165) is 11.4 Å². The van der Waals surface area contributed by atoms with E-state index in [0.29, 0.717) is 43.2 Å². The number of ether oxygens (including phenoxy) is 1. The first-order chi connectivity index (χ1) is 15.9. The van der Waals surface area contributed by atoms with Gasteiger partial charge in [0.2, 0.25) is 0 Å². The number of pyridine rings is 1. The zero-order valence-electron chi connectivity index (χ0n) is 18.6. The number of amides is 1. The van der Waals surface area contributed by atoms with Gasteiger partial charge < -0.3 is 14.5 Å². The van der Waals surface area contributed by atoms with Gasteiger partial charge in [0.25, 0.3) is 15.9 Å². The Kier molecular flexibility index (Phi) is 6.50. The fourth-order valence-corrected chi connectivity index (χ4v) is 4.81. The molecule has 0 aliphatic carbocycles. The van der Waals surface area contributed by atoms with Crippen LogP contribution in [0.5, 0.6) is 5.75 Å². The molecule has 0 radical (unpaired) electrons. The van der Waals surface area contributed by atoms with E-state index in [4.69, 9.17) is 4.74 Å². The van der Waals surface area contributed by atoms with E-state index in [1.165, 1.54) is 12.1 Å². The Labute approximate surface area is 193 Å².